The minimum atomic E-state index is -0.438. The van der Waals surface area contributed by atoms with Gasteiger partial charge in [0.15, 0.2) is 0 Å². The molecular weight excluding hydrogens is 316 g/mol. The summed E-state index contributed by atoms with van der Waals surface area (Å²) in [7, 11) is 1.74. The lowest BCUT2D eigenvalue weighted by Gasteiger charge is -2.07. The van der Waals surface area contributed by atoms with Crippen LogP contribution in [0.25, 0.3) is 0 Å². The quantitative estimate of drug-likeness (QED) is 0.867. The molecule has 0 atom stereocenters. The van der Waals surface area contributed by atoms with Gasteiger partial charge in [0, 0.05) is 12.7 Å². The molecule has 0 saturated heterocycles. The number of rotatable bonds is 4. The third-order valence-corrected chi connectivity index (χ3v) is 4.08. The first-order chi connectivity index (χ1) is 10.9. The summed E-state index contributed by atoms with van der Waals surface area (Å²) in [6.45, 7) is 5.55. The molecule has 0 fully saturated rings. The van der Waals surface area contributed by atoms with Crippen molar-refractivity contribution in [2.45, 2.75) is 20.8 Å². The van der Waals surface area contributed by atoms with E-state index in [1.807, 2.05) is 0 Å². The number of halogens is 1. The van der Waals surface area contributed by atoms with E-state index < -0.39 is 5.97 Å². The lowest BCUT2D eigenvalue weighted by atomic mass is 10.1. The Labute approximate surface area is 140 Å². The molecule has 0 aliphatic carbocycles. The molecule has 0 unspecified atom stereocenters. The van der Waals surface area contributed by atoms with Crippen LogP contribution in [0.15, 0.2) is 24.3 Å². The Morgan fingerprint density at radius 3 is 2.52 bits per heavy atom. The normalized spacial score (nSPS) is 10.5. The predicted octanol–water partition coefficient (Wildman–Crippen LogP) is 3.72. The van der Waals surface area contributed by atoms with Gasteiger partial charge in [-0.2, -0.15) is 0 Å². The van der Waals surface area contributed by atoms with Gasteiger partial charge in [0.2, 0.25) is 0 Å². The Balaban J connectivity index is 2.40. The van der Waals surface area contributed by atoms with Crippen LogP contribution in [0, 0.1) is 13.8 Å². The molecule has 122 valence electrons. The Kier molecular flexibility index (Phi) is 5.11. The van der Waals surface area contributed by atoms with E-state index >= 15 is 0 Å². The van der Waals surface area contributed by atoms with E-state index in [-0.39, 0.29) is 12.5 Å². The van der Waals surface area contributed by atoms with Gasteiger partial charge in [-0.25, -0.2) is 4.79 Å². The number of para-hydroxylation sites is 1. The molecule has 1 heterocycles. The van der Waals surface area contributed by atoms with Crippen LogP contribution >= 0.6 is 11.6 Å². The topological polar surface area (TPSA) is 60.3 Å². The molecule has 0 radical (unpaired) electrons. The maximum atomic E-state index is 12.6. The van der Waals surface area contributed by atoms with E-state index in [4.69, 9.17) is 16.3 Å². The van der Waals surface area contributed by atoms with Crippen molar-refractivity contribution in [2.24, 2.45) is 7.05 Å². The van der Waals surface area contributed by atoms with Crippen LogP contribution in [-0.2, 0) is 11.8 Å². The van der Waals surface area contributed by atoms with Gasteiger partial charge >= 0.3 is 5.97 Å². The summed E-state index contributed by atoms with van der Waals surface area (Å²) in [4.78, 5) is 24.7. The van der Waals surface area contributed by atoms with Crippen molar-refractivity contribution in [3.8, 4) is 0 Å². The van der Waals surface area contributed by atoms with E-state index in [9.17, 15) is 9.59 Å². The standard InChI is InChI=1S/C17H19ClN2O3/c1-5-23-17(22)15-10(2)14(11(3)20(15)4)16(21)19-13-9-7-6-8-12(13)18/h6-9H,5H2,1-4H3,(H,19,21). The van der Waals surface area contributed by atoms with Crippen LogP contribution in [0.3, 0.4) is 0 Å². The van der Waals surface area contributed by atoms with Crippen molar-refractivity contribution in [1.82, 2.24) is 4.57 Å². The molecule has 2 rings (SSSR count). The summed E-state index contributed by atoms with van der Waals surface area (Å²) in [5.41, 5.74) is 2.65. The number of carbonyl (C=O) groups is 2. The van der Waals surface area contributed by atoms with Gasteiger partial charge in [0.1, 0.15) is 5.69 Å². The molecule has 0 spiro atoms. The lowest BCUT2D eigenvalue weighted by Crippen LogP contribution is -2.14. The van der Waals surface area contributed by atoms with Gasteiger partial charge in [0.05, 0.1) is 22.9 Å². The number of amides is 1. The van der Waals surface area contributed by atoms with Crippen LogP contribution in [-0.4, -0.2) is 23.1 Å². The first kappa shape index (κ1) is 17.1. The largest absolute Gasteiger partial charge is 0.461 e. The average Bonchev–Trinajstić information content (AvgIpc) is 2.72. The second-order valence-corrected chi connectivity index (χ2v) is 5.55. The maximum absolute atomic E-state index is 12.6. The number of carbonyl (C=O) groups excluding carboxylic acids is 2. The van der Waals surface area contributed by atoms with Crippen molar-refractivity contribution in [3.05, 3.63) is 51.8 Å². The molecule has 1 aromatic heterocycles. The first-order valence-corrected chi connectivity index (χ1v) is 7.65. The molecule has 0 saturated carbocycles. The number of anilines is 1. The van der Waals surface area contributed by atoms with Crippen molar-refractivity contribution < 1.29 is 14.3 Å². The number of benzene rings is 1. The van der Waals surface area contributed by atoms with Crippen LogP contribution in [0.4, 0.5) is 5.69 Å². The second-order valence-electron chi connectivity index (χ2n) is 5.15. The third-order valence-electron chi connectivity index (χ3n) is 3.75. The summed E-state index contributed by atoms with van der Waals surface area (Å²) >= 11 is 6.07. The number of aromatic nitrogens is 1. The zero-order valence-corrected chi connectivity index (χ0v) is 14.3. The van der Waals surface area contributed by atoms with Gasteiger partial charge in [-0.05, 0) is 38.5 Å². The van der Waals surface area contributed by atoms with E-state index in [0.717, 1.165) is 0 Å². The van der Waals surface area contributed by atoms with Gasteiger partial charge < -0.3 is 14.6 Å². The molecule has 0 bridgehead atoms. The van der Waals surface area contributed by atoms with Crippen molar-refractivity contribution >= 4 is 29.2 Å². The van der Waals surface area contributed by atoms with E-state index in [1.54, 1.807) is 56.7 Å². The highest BCUT2D eigenvalue weighted by Gasteiger charge is 2.25. The number of esters is 1. The fourth-order valence-electron chi connectivity index (χ4n) is 2.55. The highest BCUT2D eigenvalue weighted by atomic mass is 35.5. The van der Waals surface area contributed by atoms with Gasteiger partial charge in [-0.1, -0.05) is 23.7 Å². The van der Waals surface area contributed by atoms with Crippen LogP contribution in [0.5, 0.6) is 0 Å². The Morgan fingerprint density at radius 2 is 1.91 bits per heavy atom. The van der Waals surface area contributed by atoms with Crippen LogP contribution in [0.1, 0.15) is 39.0 Å². The number of ether oxygens (including phenoxy) is 1. The molecule has 0 aliphatic heterocycles. The second kappa shape index (κ2) is 6.87. The van der Waals surface area contributed by atoms with Gasteiger partial charge in [0.25, 0.3) is 5.91 Å². The van der Waals surface area contributed by atoms with E-state index in [0.29, 0.717) is 33.2 Å². The molecule has 5 nitrogen and oxygen atoms in total. The van der Waals surface area contributed by atoms with Gasteiger partial charge in [-0.3, -0.25) is 4.79 Å². The third kappa shape index (κ3) is 3.24. The fourth-order valence-corrected chi connectivity index (χ4v) is 2.73. The Bertz CT molecular complexity index is 765. The SMILES string of the molecule is CCOC(=O)c1c(C)c(C(=O)Nc2ccccc2Cl)c(C)n1C. The summed E-state index contributed by atoms with van der Waals surface area (Å²) in [5, 5.41) is 3.24. The number of hydrogen-bond donors (Lipinski definition) is 1. The summed E-state index contributed by atoms with van der Waals surface area (Å²) in [6.07, 6.45) is 0. The summed E-state index contributed by atoms with van der Waals surface area (Å²) in [5.74, 6) is -0.744. The van der Waals surface area contributed by atoms with Crippen molar-refractivity contribution in [3.63, 3.8) is 0 Å². The zero-order chi connectivity index (χ0) is 17.1. The number of nitrogens with zero attached hydrogens (tertiary/aromatic N) is 1. The van der Waals surface area contributed by atoms with Crippen LogP contribution in [0.2, 0.25) is 5.02 Å². The highest BCUT2D eigenvalue weighted by Crippen LogP contribution is 2.25. The first-order valence-electron chi connectivity index (χ1n) is 7.27. The van der Waals surface area contributed by atoms with E-state index in [1.165, 1.54) is 0 Å². The maximum Gasteiger partial charge on any atom is 0.355 e. The summed E-state index contributed by atoms with van der Waals surface area (Å²) < 4.78 is 6.74. The highest BCUT2D eigenvalue weighted by molar-refractivity contribution is 6.34. The lowest BCUT2D eigenvalue weighted by molar-refractivity contribution is 0.0514. The van der Waals surface area contributed by atoms with Gasteiger partial charge in [-0.15, -0.1) is 0 Å². The number of nitrogens with one attached hydrogen (secondary N) is 1. The average molecular weight is 335 g/mol. The fraction of sp³-hybridized carbons (Fsp3) is 0.294. The van der Waals surface area contributed by atoms with Crippen LogP contribution < -0.4 is 5.32 Å². The molecule has 1 amide bonds. The van der Waals surface area contributed by atoms with E-state index in [2.05, 4.69) is 5.32 Å². The summed E-state index contributed by atoms with van der Waals surface area (Å²) in [6, 6.07) is 7.00. The molecule has 2 aromatic rings. The molecule has 6 heteroatoms. The number of hydrogen-bond acceptors (Lipinski definition) is 3. The molecular formula is C17H19ClN2O3. The Morgan fingerprint density at radius 1 is 1.26 bits per heavy atom. The monoisotopic (exact) mass is 334 g/mol. The smallest absolute Gasteiger partial charge is 0.355 e. The molecule has 1 aromatic carbocycles. The van der Waals surface area contributed by atoms with Crippen molar-refractivity contribution in [1.29, 1.82) is 0 Å². The minimum Gasteiger partial charge on any atom is -0.461 e. The molecule has 0 aliphatic rings. The zero-order valence-electron chi connectivity index (χ0n) is 13.6. The Hall–Kier alpha value is -2.27. The minimum absolute atomic E-state index is 0.281. The predicted molar refractivity (Wildman–Crippen MR) is 90.2 cm³/mol. The van der Waals surface area contributed by atoms with Crippen molar-refractivity contribution in [2.75, 3.05) is 11.9 Å². The molecule has 23 heavy (non-hydrogen) atoms. The molecule has 1 N–H and O–H groups in total.